The minimum absolute atomic E-state index is 0.135. The quantitative estimate of drug-likeness (QED) is 0.714. The Morgan fingerprint density at radius 1 is 1.11 bits per heavy atom. The summed E-state index contributed by atoms with van der Waals surface area (Å²) in [5.74, 6) is 1.03. The first-order valence-corrected chi connectivity index (χ1v) is 7.51. The predicted molar refractivity (Wildman–Crippen MR) is 73.0 cm³/mol. The normalized spacial score (nSPS) is 35.6. The molecule has 4 heterocycles. The van der Waals surface area contributed by atoms with Crippen LogP contribution in [0.1, 0.15) is 12.8 Å². The average Bonchev–Trinajstić information content (AvgIpc) is 2.49. The summed E-state index contributed by atoms with van der Waals surface area (Å²) >= 11 is 0. The van der Waals surface area contributed by atoms with Gasteiger partial charge in [-0.25, -0.2) is 0 Å². The van der Waals surface area contributed by atoms with Crippen LogP contribution in [0.4, 0.5) is 0 Å². The molecule has 0 N–H and O–H groups in total. The highest BCUT2D eigenvalue weighted by Crippen LogP contribution is 2.31. The van der Waals surface area contributed by atoms with E-state index in [1.807, 2.05) is 4.90 Å². The van der Waals surface area contributed by atoms with Crippen LogP contribution in [-0.2, 0) is 9.53 Å². The number of carbonyl (C=O) groups excluding carboxylic acids is 1. The molecule has 1 atom stereocenters. The van der Waals surface area contributed by atoms with Crippen molar-refractivity contribution in [2.75, 3.05) is 59.5 Å². The van der Waals surface area contributed by atoms with E-state index < -0.39 is 0 Å². The SMILES string of the molecule is COCC(=O)N1CCN([C@@H]2CN3CCC2CC3)CC1. The number of hydrogen-bond donors (Lipinski definition) is 0. The molecule has 108 valence electrons. The molecule has 4 rings (SSSR count). The third-order valence-electron chi connectivity index (χ3n) is 5.03. The molecule has 5 nitrogen and oxygen atoms in total. The van der Waals surface area contributed by atoms with Gasteiger partial charge in [0.25, 0.3) is 0 Å². The zero-order chi connectivity index (χ0) is 13.2. The standard InChI is InChI=1S/C14H25N3O2/c1-19-11-14(18)17-8-6-16(7-9-17)13-10-15-4-2-12(13)3-5-15/h12-13H,2-11H2,1H3/t13-/m1/s1. The van der Waals surface area contributed by atoms with Crippen LogP contribution in [0, 0.1) is 5.92 Å². The monoisotopic (exact) mass is 267 g/mol. The van der Waals surface area contributed by atoms with E-state index in [9.17, 15) is 4.79 Å². The molecule has 0 aromatic rings. The van der Waals surface area contributed by atoms with Gasteiger partial charge < -0.3 is 14.5 Å². The van der Waals surface area contributed by atoms with Crippen molar-refractivity contribution >= 4 is 5.91 Å². The van der Waals surface area contributed by atoms with Crippen LogP contribution >= 0.6 is 0 Å². The first-order valence-electron chi connectivity index (χ1n) is 7.51. The fourth-order valence-corrected chi connectivity index (χ4v) is 3.87. The molecule has 4 aliphatic rings. The third kappa shape index (κ3) is 2.78. The van der Waals surface area contributed by atoms with E-state index in [1.54, 1.807) is 7.11 Å². The van der Waals surface area contributed by atoms with Crippen LogP contribution in [0.15, 0.2) is 0 Å². The molecule has 0 spiro atoms. The maximum absolute atomic E-state index is 11.8. The minimum Gasteiger partial charge on any atom is -0.375 e. The molecule has 0 saturated carbocycles. The van der Waals surface area contributed by atoms with Gasteiger partial charge in [-0.1, -0.05) is 0 Å². The number of piperazine rings is 1. The Morgan fingerprint density at radius 3 is 2.32 bits per heavy atom. The molecule has 2 bridgehead atoms. The highest BCUT2D eigenvalue weighted by atomic mass is 16.5. The zero-order valence-electron chi connectivity index (χ0n) is 11.9. The molecule has 1 amide bonds. The lowest BCUT2D eigenvalue weighted by Gasteiger charge is -2.51. The molecule has 19 heavy (non-hydrogen) atoms. The Morgan fingerprint density at radius 2 is 1.79 bits per heavy atom. The number of methoxy groups -OCH3 is 1. The summed E-state index contributed by atoms with van der Waals surface area (Å²) in [6, 6.07) is 0.738. The Labute approximate surface area is 115 Å². The van der Waals surface area contributed by atoms with Crippen molar-refractivity contribution in [2.24, 2.45) is 5.92 Å². The molecular formula is C14H25N3O2. The van der Waals surface area contributed by atoms with Gasteiger partial charge in [0.15, 0.2) is 0 Å². The number of carbonyl (C=O) groups is 1. The van der Waals surface area contributed by atoms with Gasteiger partial charge in [-0.2, -0.15) is 0 Å². The molecule has 5 heteroatoms. The number of hydrogen-bond acceptors (Lipinski definition) is 4. The number of ether oxygens (including phenoxy) is 1. The third-order valence-corrected chi connectivity index (χ3v) is 5.03. The van der Waals surface area contributed by atoms with E-state index in [2.05, 4.69) is 9.80 Å². The Bertz CT molecular complexity index is 321. The average molecular weight is 267 g/mol. The van der Waals surface area contributed by atoms with Gasteiger partial charge in [-0.3, -0.25) is 9.69 Å². The van der Waals surface area contributed by atoms with Gasteiger partial charge in [-0.15, -0.1) is 0 Å². The number of piperidine rings is 3. The minimum atomic E-state index is 0.135. The fourth-order valence-electron chi connectivity index (χ4n) is 3.87. The van der Waals surface area contributed by atoms with E-state index in [0.717, 1.165) is 38.1 Å². The van der Waals surface area contributed by atoms with Gasteiger partial charge in [-0.05, 0) is 31.8 Å². The van der Waals surface area contributed by atoms with E-state index in [-0.39, 0.29) is 12.5 Å². The Kier molecular flexibility index (Phi) is 4.05. The van der Waals surface area contributed by atoms with Crippen LogP contribution in [0.5, 0.6) is 0 Å². The largest absolute Gasteiger partial charge is 0.375 e. The maximum atomic E-state index is 11.8. The van der Waals surface area contributed by atoms with E-state index in [4.69, 9.17) is 4.74 Å². The summed E-state index contributed by atoms with van der Waals surface area (Å²) in [7, 11) is 1.58. The van der Waals surface area contributed by atoms with Crippen molar-refractivity contribution in [2.45, 2.75) is 18.9 Å². The van der Waals surface area contributed by atoms with Crippen molar-refractivity contribution in [1.82, 2.24) is 14.7 Å². The number of amides is 1. The van der Waals surface area contributed by atoms with Crippen molar-refractivity contribution in [3.05, 3.63) is 0 Å². The second-order valence-corrected chi connectivity index (χ2v) is 6.06. The summed E-state index contributed by atoms with van der Waals surface area (Å²) in [5.41, 5.74) is 0. The van der Waals surface area contributed by atoms with Gasteiger partial charge in [0, 0.05) is 45.9 Å². The number of rotatable bonds is 3. The molecule has 0 unspecified atom stereocenters. The van der Waals surface area contributed by atoms with Crippen LogP contribution in [0.2, 0.25) is 0 Å². The molecule has 4 saturated heterocycles. The van der Waals surface area contributed by atoms with Crippen LogP contribution < -0.4 is 0 Å². The van der Waals surface area contributed by atoms with Crippen LogP contribution in [0.25, 0.3) is 0 Å². The Hall–Kier alpha value is -0.650. The van der Waals surface area contributed by atoms with Crippen molar-refractivity contribution in [1.29, 1.82) is 0 Å². The molecule has 0 aliphatic carbocycles. The summed E-state index contributed by atoms with van der Waals surface area (Å²) < 4.78 is 4.93. The Balaban J connectivity index is 1.51. The molecule has 4 aliphatic heterocycles. The maximum Gasteiger partial charge on any atom is 0.248 e. The zero-order valence-corrected chi connectivity index (χ0v) is 11.9. The lowest BCUT2D eigenvalue weighted by Crippen LogP contribution is -2.61. The van der Waals surface area contributed by atoms with Crippen molar-refractivity contribution in [3.63, 3.8) is 0 Å². The summed E-state index contributed by atoms with van der Waals surface area (Å²) in [6.07, 6.45) is 2.74. The topological polar surface area (TPSA) is 36.0 Å². The summed E-state index contributed by atoms with van der Waals surface area (Å²) in [5, 5.41) is 0. The van der Waals surface area contributed by atoms with E-state index in [0.29, 0.717) is 0 Å². The summed E-state index contributed by atoms with van der Waals surface area (Å²) in [4.78, 5) is 19.0. The van der Waals surface area contributed by atoms with Gasteiger partial charge in [0.1, 0.15) is 6.61 Å². The summed E-state index contributed by atoms with van der Waals surface area (Å²) in [6.45, 7) is 7.86. The first-order chi connectivity index (χ1) is 9.28. The second-order valence-electron chi connectivity index (χ2n) is 6.06. The highest BCUT2D eigenvalue weighted by molar-refractivity contribution is 5.77. The fraction of sp³-hybridized carbons (Fsp3) is 0.929. The van der Waals surface area contributed by atoms with Gasteiger partial charge >= 0.3 is 0 Å². The first kappa shape index (κ1) is 13.3. The molecular weight excluding hydrogens is 242 g/mol. The molecule has 0 aromatic heterocycles. The lowest BCUT2D eigenvalue weighted by atomic mass is 9.83. The predicted octanol–water partition coefficient (Wildman–Crippen LogP) is -0.129. The number of fused-ring (bicyclic) bond motifs is 3. The van der Waals surface area contributed by atoms with Crippen LogP contribution in [-0.4, -0.2) is 86.2 Å². The molecule has 0 radical (unpaired) electrons. The van der Waals surface area contributed by atoms with E-state index >= 15 is 0 Å². The molecule has 0 aromatic carbocycles. The van der Waals surface area contributed by atoms with Crippen molar-refractivity contribution in [3.8, 4) is 0 Å². The second kappa shape index (κ2) is 5.77. The number of nitrogens with zero attached hydrogens (tertiary/aromatic N) is 3. The van der Waals surface area contributed by atoms with Crippen molar-refractivity contribution < 1.29 is 9.53 Å². The van der Waals surface area contributed by atoms with E-state index in [1.165, 1.54) is 32.5 Å². The van der Waals surface area contributed by atoms with Gasteiger partial charge in [0.05, 0.1) is 0 Å². The van der Waals surface area contributed by atoms with Crippen LogP contribution in [0.3, 0.4) is 0 Å². The molecule has 4 fully saturated rings. The smallest absolute Gasteiger partial charge is 0.248 e. The van der Waals surface area contributed by atoms with Gasteiger partial charge in [0.2, 0.25) is 5.91 Å². The lowest BCUT2D eigenvalue weighted by molar-refractivity contribution is -0.137. The highest BCUT2D eigenvalue weighted by Gasteiger charge is 2.38.